The minimum Gasteiger partial charge on any atom is -0.0888 e. The molecule has 0 saturated heterocycles. The van der Waals surface area contributed by atoms with Gasteiger partial charge in [-0.05, 0) is 30.6 Å². The van der Waals surface area contributed by atoms with Crippen molar-refractivity contribution in [1.29, 1.82) is 0 Å². The molecule has 0 nitrogen and oxygen atoms in total. The van der Waals surface area contributed by atoms with Gasteiger partial charge in [0.1, 0.15) is 0 Å². The largest absolute Gasteiger partial charge is 0.0888 e. The van der Waals surface area contributed by atoms with Crippen LogP contribution in [0.3, 0.4) is 0 Å². The summed E-state index contributed by atoms with van der Waals surface area (Å²) in [5.74, 6) is 2.79. The van der Waals surface area contributed by atoms with E-state index in [-0.39, 0.29) is 0 Å². The van der Waals surface area contributed by atoms with Crippen molar-refractivity contribution in [2.75, 3.05) is 0 Å². The van der Waals surface area contributed by atoms with Crippen LogP contribution in [0.1, 0.15) is 46.5 Å². The lowest BCUT2D eigenvalue weighted by atomic mass is 9.72. The van der Waals surface area contributed by atoms with E-state index in [0.717, 1.165) is 22.6 Å². The molecule has 1 rings (SSSR count). The number of hydrogen-bond acceptors (Lipinski definition) is 0. The molecular weight excluding hydrogens is 212 g/mol. The van der Waals surface area contributed by atoms with Crippen LogP contribution in [0, 0.1) is 17.8 Å². The van der Waals surface area contributed by atoms with Gasteiger partial charge in [0.2, 0.25) is 0 Å². The van der Waals surface area contributed by atoms with E-state index in [2.05, 4.69) is 36.7 Å². The summed E-state index contributed by atoms with van der Waals surface area (Å²) in [6.45, 7) is 7.12. The van der Waals surface area contributed by atoms with E-state index >= 15 is 0 Å². The van der Waals surface area contributed by atoms with Crippen molar-refractivity contribution >= 4 is 15.9 Å². The van der Waals surface area contributed by atoms with Crippen molar-refractivity contribution in [1.82, 2.24) is 0 Å². The van der Waals surface area contributed by atoms with Crippen LogP contribution in [0.15, 0.2) is 0 Å². The smallest absolute Gasteiger partial charge is 0.0174 e. The van der Waals surface area contributed by atoms with E-state index in [4.69, 9.17) is 0 Å². The summed E-state index contributed by atoms with van der Waals surface area (Å²) in [6, 6.07) is 0. The number of halogens is 1. The van der Waals surface area contributed by atoms with Crippen molar-refractivity contribution in [3.8, 4) is 0 Å². The fourth-order valence-corrected chi connectivity index (χ4v) is 3.18. The van der Waals surface area contributed by atoms with Crippen LogP contribution in [0.2, 0.25) is 0 Å². The maximum atomic E-state index is 3.81. The molecule has 0 N–H and O–H groups in total. The second kappa shape index (κ2) is 4.64. The van der Waals surface area contributed by atoms with Crippen LogP contribution in [-0.4, -0.2) is 4.83 Å². The predicted octanol–water partition coefficient (Wildman–Crippen LogP) is 4.23. The molecule has 0 aromatic rings. The number of rotatable bonds is 2. The van der Waals surface area contributed by atoms with E-state index in [1.165, 1.54) is 25.7 Å². The first-order valence-corrected chi connectivity index (χ1v) is 6.22. The van der Waals surface area contributed by atoms with Gasteiger partial charge in [-0.2, -0.15) is 0 Å². The molecule has 72 valence electrons. The van der Waals surface area contributed by atoms with Gasteiger partial charge in [0.15, 0.2) is 0 Å². The van der Waals surface area contributed by atoms with E-state index in [9.17, 15) is 0 Å². The third-order valence-corrected chi connectivity index (χ3v) is 4.95. The molecule has 4 unspecified atom stereocenters. The molecule has 0 aromatic carbocycles. The molecule has 1 heteroatoms. The molecule has 12 heavy (non-hydrogen) atoms. The summed E-state index contributed by atoms with van der Waals surface area (Å²) in [7, 11) is 0. The van der Waals surface area contributed by atoms with Gasteiger partial charge < -0.3 is 0 Å². The summed E-state index contributed by atoms with van der Waals surface area (Å²) in [4.78, 5) is 0.759. The molecule has 1 aliphatic carbocycles. The van der Waals surface area contributed by atoms with Crippen molar-refractivity contribution in [3.05, 3.63) is 0 Å². The monoisotopic (exact) mass is 232 g/mol. The quantitative estimate of drug-likeness (QED) is 0.626. The third kappa shape index (κ3) is 2.25. The molecular formula is C11H21Br. The first kappa shape index (κ1) is 10.6. The van der Waals surface area contributed by atoms with Crippen LogP contribution < -0.4 is 0 Å². The fourth-order valence-electron chi connectivity index (χ4n) is 2.44. The van der Waals surface area contributed by atoms with Crippen molar-refractivity contribution in [3.63, 3.8) is 0 Å². The summed E-state index contributed by atoms with van der Waals surface area (Å²) in [6.07, 6.45) is 5.61. The van der Waals surface area contributed by atoms with Gasteiger partial charge in [0, 0.05) is 4.83 Å². The zero-order chi connectivity index (χ0) is 9.14. The molecule has 0 bridgehead atoms. The Morgan fingerprint density at radius 2 is 2.00 bits per heavy atom. The lowest BCUT2D eigenvalue weighted by Crippen LogP contribution is -2.30. The normalized spacial score (nSPS) is 39.5. The van der Waals surface area contributed by atoms with Crippen molar-refractivity contribution < 1.29 is 0 Å². The molecule has 0 aliphatic heterocycles. The Morgan fingerprint density at radius 1 is 1.33 bits per heavy atom. The average molecular weight is 233 g/mol. The average Bonchev–Trinajstić information content (AvgIpc) is 2.08. The maximum absolute atomic E-state index is 3.81. The summed E-state index contributed by atoms with van der Waals surface area (Å²) < 4.78 is 0. The van der Waals surface area contributed by atoms with Gasteiger partial charge in [0.05, 0.1) is 0 Å². The molecule has 1 fully saturated rings. The highest BCUT2D eigenvalue weighted by Crippen LogP contribution is 2.39. The van der Waals surface area contributed by atoms with Gasteiger partial charge >= 0.3 is 0 Å². The van der Waals surface area contributed by atoms with Crippen LogP contribution in [0.4, 0.5) is 0 Å². The lowest BCUT2D eigenvalue weighted by Gasteiger charge is -2.36. The SMILES string of the molecule is CCC(Br)C1CCCC(C)C1C. The van der Waals surface area contributed by atoms with Gasteiger partial charge in [0.25, 0.3) is 0 Å². The van der Waals surface area contributed by atoms with Gasteiger partial charge in [-0.25, -0.2) is 0 Å². The summed E-state index contributed by atoms with van der Waals surface area (Å²) >= 11 is 3.81. The van der Waals surface area contributed by atoms with Crippen molar-refractivity contribution in [2.24, 2.45) is 17.8 Å². The highest BCUT2D eigenvalue weighted by molar-refractivity contribution is 9.09. The Kier molecular flexibility index (Phi) is 4.09. The van der Waals surface area contributed by atoms with Crippen LogP contribution in [0.25, 0.3) is 0 Å². The van der Waals surface area contributed by atoms with E-state index in [1.807, 2.05) is 0 Å². The standard InChI is InChI=1S/C11H21Br/c1-4-11(12)10-7-5-6-8(2)9(10)3/h8-11H,4-7H2,1-3H3. The molecule has 0 aromatic heterocycles. The Balaban J connectivity index is 2.51. The van der Waals surface area contributed by atoms with Gasteiger partial charge in [-0.1, -0.05) is 49.5 Å². The highest BCUT2D eigenvalue weighted by Gasteiger charge is 2.30. The van der Waals surface area contributed by atoms with E-state index in [1.54, 1.807) is 0 Å². The molecule has 0 amide bonds. The van der Waals surface area contributed by atoms with Crippen molar-refractivity contribution in [2.45, 2.75) is 51.3 Å². The van der Waals surface area contributed by atoms with Gasteiger partial charge in [-0.15, -0.1) is 0 Å². The van der Waals surface area contributed by atoms with Gasteiger partial charge in [-0.3, -0.25) is 0 Å². The van der Waals surface area contributed by atoms with Crippen LogP contribution in [0.5, 0.6) is 0 Å². The third-order valence-electron chi connectivity index (χ3n) is 3.62. The first-order chi connectivity index (χ1) is 5.66. The Hall–Kier alpha value is 0.480. The second-order valence-electron chi connectivity index (χ2n) is 4.36. The molecule has 1 saturated carbocycles. The molecule has 0 radical (unpaired) electrons. The Labute approximate surface area is 85.3 Å². The summed E-state index contributed by atoms with van der Waals surface area (Å²) in [5, 5.41) is 0. The number of alkyl halides is 1. The summed E-state index contributed by atoms with van der Waals surface area (Å²) in [5.41, 5.74) is 0. The lowest BCUT2D eigenvalue weighted by molar-refractivity contribution is 0.179. The highest BCUT2D eigenvalue weighted by atomic mass is 79.9. The topological polar surface area (TPSA) is 0 Å². The zero-order valence-corrected chi connectivity index (χ0v) is 10.1. The minimum absolute atomic E-state index is 0.759. The first-order valence-electron chi connectivity index (χ1n) is 5.30. The van der Waals surface area contributed by atoms with E-state index < -0.39 is 0 Å². The molecule has 4 atom stereocenters. The Bertz CT molecular complexity index is 133. The maximum Gasteiger partial charge on any atom is 0.0174 e. The Morgan fingerprint density at radius 3 is 2.58 bits per heavy atom. The van der Waals surface area contributed by atoms with Crippen LogP contribution in [-0.2, 0) is 0 Å². The fraction of sp³-hybridized carbons (Fsp3) is 1.00. The molecule has 0 heterocycles. The molecule has 1 aliphatic rings. The minimum atomic E-state index is 0.759. The number of hydrogen-bond donors (Lipinski definition) is 0. The van der Waals surface area contributed by atoms with Crippen LogP contribution >= 0.6 is 15.9 Å². The molecule has 0 spiro atoms. The second-order valence-corrected chi connectivity index (χ2v) is 5.53. The van der Waals surface area contributed by atoms with E-state index in [0.29, 0.717) is 0 Å². The zero-order valence-electron chi connectivity index (χ0n) is 8.52. The predicted molar refractivity (Wildman–Crippen MR) is 58.7 cm³/mol.